The van der Waals surface area contributed by atoms with Crippen LogP contribution < -0.4 is 5.43 Å². The molecule has 0 saturated heterocycles. The molecule has 1 amide bonds. The predicted octanol–water partition coefficient (Wildman–Crippen LogP) is 3.52. The van der Waals surface area contributed by atoms with Crippen LogP contribution in [0.3, 0.4) is 0 Å². The molecule has 0 aliphatic carbocycles. The van der Waals surface area contributed by atoms with Gasteiger partial charge >= 0.3 is 0 Å². The van der Waals surface area contributed by atoms with E-state index < -0.39 is 5.91 Å². The van der Waals surface area contributed by atoms with Crippen LogP contribution in [0, 0.1) is 3.57 Å². The van der Waals surface area contributed by atoms with Crippen LogP contribution in [0.25, 0.3) is 0 Å². The maximum atomic E-state index is 11.9. The lowest BCUT2D eigenvalue weighted by molar-refractivity contribution is 0.0952. The number of nitrogens with one attached hydrogen (secondary N) is 1. The summed E-state index contributed by atoms with van der Waals surface area (Å²) in [6, 6.07) is 12.3. The van der Waals surface area contributed by atoms with Crippen molar-refractivity contribution in [2.24, 2.45) is 5.10 Å². The lowest BCUT2D eigenvalue weighted by Crippen LogP contribution is -2.17. The number of carbonyl (C=O) groups excluding carboxylic acids is 1. The van der Waals surface area contributed by atoms with E-state index in [4.69, 9.17) is 0 Å². The maximum Gasteiger partial charge on any atom is 0.275 e. The highest BCUT2D eigenvalue weighted by Gasteiger charge is 2.10. The molecule has 2 aromatic rings. The van der Waals surface area contributed by atoms with E-state index >= 15 is 0 Å². The van der Waals surface area contributed by atoms with Crippen LogP contribution in [0.2, 0.25) is 0 Å². The normalized spacial score (nSPS) is 10.7. The fourth-order valence-corrected chi connectivity index (χ4v) is 2.41. The van der Waals surface area contributed by atoms with Crippen LogP contribution in [0.1, 0.15) is 15.9 Å². The summed E-state index contributed by atoms with van der Waals surface area (Å²) in [5.74, 6) is -0.521. The molecule has 0 radical (unpaired) electrons. The van der Waals surface area contributed by atoms with Gasteiger partial charge in [0.25, 0.3) is 5.91 Å². The number of aromatic hydroxyl groups is 1. The number of nitrogens with zero attached hydrogens (tertiary/aromatic N) is 1. The van der Waals surface area contributed by atoms with E-state index in [-0.39, 0.29) is 11.3 Å². The summed E-state index contributed by atoms with van der Waals surface area (Å²) in [7, 11) is 0. The fourth-order valence-electron chi connectivity index (χ4n) is 1.50. The molecule has 0 aromatic heterocycles. The van der Waals surface area contributed by atoms with Gasteiger partial charge in [-0.15, -0.1) is 0 Å². The Morgan fingerprint density at radius 3 is 2.85 bits per heavy atom. The summed E-state index contributed by atoms with van der Waals surface area (Å²) in [6.45, 7) is 0. The fraction of sp³-hybridized carbons (Fsp3) is 0. The monoisotopic (exact) mass is 444 g/mol. The van der Waals surface area contributed by atoms with E-state index in [1.807, 2.05) is 24.3 Å². The first-order valence-electron chi connectivity index (χ1n) is 5.64. The first-order chi connectivity index (χ1) is 9.56. The van der Waals surface area contributed by atoms with Gasteiger partial charge in [-0.25, -0.2) is 5.43 Å². The first kappa shape index (κ1) is 15.0. The van der Waals surface area contributed by atoms with Gasteiger partial charge in [-0.1, -0.05) is 28.1 Å². The highest BCUT2D eigenvalue weighted by molar-refractivity contribution is 14.1. The average Bonchev–Trinajstić information content (AvgIpc) is 2.41. The summed E-state index contributed by atoms with van der Waals surface area (Å²) in [5.41, 5.74) is 3.44. The molecule has 0 spiro atoms. The minimum absolute atomic E-state index is 0.0689. The van der Waals surface area contributed by atoms with Crippen molar-refractivity contribution in [2.45, 2.75) is 0 Å². The Hall–Kier alpha value is -1.41. The van der Waals surface area contributed by atoms with Gasteiger partial charge in [0.05, 0.1) is 11.8 Å². The second-order valence-electron chi connectivity index (χ2n) is 3.92. The molecule has 4 nitrogen and oxygen atoms in total. The largest absolute Gasteiger partial charge is 0.507 e. The topological polar surface area (TPSA) is 61.7 Å². The van der Waals surface area contributed by atoms with Crippen molar-refractivity contribution in [1.29, 1.82) is 0 Å². The smallest absolute Gasteiger partial charge is 0.275 e. The molecule has 0 atom stereocenters. The summed E-state index contributed by atoms with van der Waals surface area (Å²) < 4.78 is 1.80. The molecule has 0 unspecified atom stereocenters. The number of hydrogen-bond donors (Lipinski definition) is 2. The van der Waals surface area contributed by atoms with Crippen LogP contribution in [0.15, 0.2) is 52.0 Å². The van der Waals surface area contributed by atoms with E-state index in [0.717, 1.165) is 13.6 Å². The number of carbonyl (C=O) groups is 1. The van der Waals surface area contributed by atoms with E-state index in [9.17, 15) is 9.90 Å². The third-order valence-corrected chi connectivity index (χ3v) is 3.60. The molecule has 0 heterocycles. The minimum atomic E-state index is -0.452. The van der Waals surface area contributed by atoms with Crippen molar-refractivity contribution in [3.05, 3.63) is 61.6 Å². The molecule has 2 aromatic carbocycles. The van der Waals surface area contributed by atoms with Gasteiger partial charge in [0, 0.05) is 8.04 Å². The highest BCUT2D eigenvalue weighted by atomic mass is 127. The van der Waals surface area contributed by atoms with Crippen LogP contribution >= 0.6 is 38.5 Å². The average molecular weight is 445 g/mol. The summed E-state index contributed by atoms with van der Waals surface area (Å²) in [4.78, 5) is 11.9. The van der Waals surface area contributed by atoms with Gasteiger partial charge in [-0.2, -0.15) is 5.10 Å². The molecular formula is C14H10BrIN2O2. The van der Waals surface area contributed by atoms with E-state index in [1.54, 1.807) is 12.1 Å². The highest BCUT2D eigenvalue weighted by Crippen LogP contribution is 2.19. The molecular weight excluding hydrogens is 435 g/mol. The lowest BCUT2D eigenvalue weighted by Gasteiger charge is -2.03. The molecule has 2 N–H and O–H groups in total. The van der Waals surface area contributed by atoms with Crippen molar-refractivity contribution < 1.29 is 9.90 Å². The van der Waals surface area contributed by atoms with Gasteiger partial charge in [0.1, 0.15) is 5.75 Å². The zero-order valence-corrected chi connectivity index (χ0v) is 13.9. The molecule has 0 bridgehead atoms. The Balaban J connectivity index is 2.07. The van der Waals surface area contributed by atoms with Gasteiger partial charge in [-0.05, 0) is 58.5 Å². The van der Waals surface area contributed by atoms with E-state index in [0.29, 0.717) is 0 Å². The number of phenols is 1. The molecule has 0 aliphatic rings. The van der Waals surface area contributed by atoms with Crippen molar-refractivity contribution in [3.63, 3.8) is 0 Å². The van der Waals surface area contributed by atoms with E-state index in [1.165, 1.54) is 12.3 Å². The van der Waals surface area contributed by atoms with Crippen molar-refractivity contribution >= 4 is 50.6 Å². The van der Waals surface area contributed by atoms with Gasteiger partial charge in [0.15, 0.2) is 0 Å². The lowest BCUT2D eigenvalue weighted by atomic mass is 10.2. The Bertz CT molecular complexity index is 674. The van der Waals surface area contributed by atoms with Crippen LogP contribution in [0.5, 0.6) is 5.75 Å². The number of hydrogen-bond acceptors (Lipinski definition) is 3. The summed E-state index contributed by atoms with van der Waals surface area (Å²) in [6.07, 6.45) is 1.54. The van der Waals surface area contributed by atoms with Crippen molar-refractivity contribution in [1.82, 2.24) is 5.43 Å². The number of phenolic OH excluding ortho intramolecular Hbond substituents is 1. The third kappa shape index (κ3) is 4.04. The second-order valence-corrected chi connectivity index (χ2v) is 6.08. The third-order valence-electron chi connectivity index (χ3n) is 2.43. The predicted molar refractivity (Wildman–Crippen MR) is 90.0 cm³/mol. The summed E-state index contributed by atoms with van der Waals surface area (Å²) >= 11 is 5.43. The number of rotatable bonds is 3. The quantitative estimate of drug-likeness (QED) is 0.432. The molecule has 20 heavy (non-hydrogen) atoms. The number of halogens is 2. The van der Waals surface area contributed by atoms with Crippen molar-refractivity contribution in [2.75, 3.05) is 0 Å². The molecule has 102 valence electrons. The summed E-state index contributed by atoms with van der Waals surface area (Å²) in [5, 5.41) is 13.5. The second kappa shape index (κ2) is 6.85. The molecule has 6 heteroatoms. The Morgan fingerprint density at radius 2 is 2.10 bits per heavy atom. The van der Waals surface area contributed by atoms with Crippen molar-refractivity contribution in [3.8, 4) is 5.75 Å². The molecule has 2 rings (SSSR count). The molecule has 0 aliphatic heterocycles. The number of hydrazone groups is 1. The van der Waals surface area contributed by atoms with Gasteiger partial charge < -0.3 is 5.11 Å². The molecule has 0 saturated carbocycles. The van der Waals surface area contributed by atoms with Crippen LogP contribution in [-0.4, -0.2) is 17.2 Å². The van der Waals surface area contributed by atoms with Gasteiger partial charge in [-0.3, -0.25) is 4.79 Å². The zero-order valence-electron chi connectivity index (χ0n) is 10.2. The Labute approximate surface area is 138 Å². The van der Waals surface area contributed by atoms with Crippen LogP contribution in [-0.2, 0) is 0 Å². The Morgan fingerprint density at radius 1 is 1.30 bits per heavy atom. The number of benzene rings is 2. The van der Waals surface area contributed by atoms with Gasteiger partial charge in [0.2, 0.25) is 0 Å². The maximum absolute atomic E-state index is 11.9. The molecule has 0 fully saturated rings. The Kier molecular flexibility index (Phi) is 5.13. The zero-order chi connectivity index (χ0) is 14.5. The van der Waals surface area contributed by atoms with Crippen LogP contribution in [0.4, 0.5) is 0 Å². The van der Waals surface area contributed by atoms with E-state index in [2.05, 4.69) is 49.0 Å². The SMILES string of the molecule is O=C(NN=Cc1cccc(Br)c1)c1cc(I)ccc1O. The standard InChI is InChI=1S/C14H10BrIN2O2/c15-10-3-1-2-9(6-10)8-17-18-14(20)12-7-11(16)4-5-13(12)19/h1-8,19H,(H,18,20). The first-order valence-corrected chi connectivity index (χ1v) is 7.51. The number of amides is 1. The minimum Gasteiger partial charge on any atom is -0.507 e.